The number of nitrogens with one attached hydrogen (secondary N) is 1. The Morgan fingerprint density at radius 1 is 1.28 bits per heavy atom. The number of hydrogen-bond acceptors (Lipinski definition) is 7. The van der Waals surface area contributed by atoms with Gasteiger partial charge < -0.3 is 20.3 Å². The van der Waals surface area contributed by atoms with E-state index in [2.05, 4.69) is 10.3 Å². The molecule has 5 atom stereocenters. The summed E-state index contributed by atoms with van der Waals surface area (Å²) in [7, 11) is 0. The summed E-state index contributed by atoms with van der Waals surface area (Å²) in [5.41, 5.74) is 0.742. The van der Waals surface area contributed by atoms with Gasteiger partial charge in [-0.15, -0.1) is 0 Å². The van der Waals surface area contributed by atoms with Crippen molar-refractivity contribution in [2.24, 2.45) is 4.99 Å². The van der Waals surface area contributed by atoms with Gasteiger partial charge in [0.1, 0.15) is 29.8 Å². The number of aliphatic hydroxyl groups excluding tert-OH is 2. The average Bonchev–Trinajstić information content (AvgIpc) is 3.02. The summed E-state index contributed by atoms with van der Waals surface area (Å²) in [5, 5.41) is 24.4. The van der Waals surface area contributed by atoms with Crippen LogP contribution in [-0.2, 0) is 16.0 Å². The summed E-state index contributed by atoms with van der Waals surface area (Å²) in [6.07, 6.45) is -1.53. The van der Waals surface area contributed by atoms with Crippen LogP contribution in [0.4, 0.5) is 0 Å². The minimum absolute atomic E-state index is 0.168. The molecule has 2 heterocycles. The number of aliphatic hydroxyl groups is 2. The van der Waals surface area contributed by atoms with E-state index in [4.69, 9.17) is 4.74 Å². The second-order valence-corrected chi connectivity index (χ2v) is 7.37. The van der Waals surface area contributed by atoms with Crippen LogP contribution in [0.2, 0.25) is 0 Å². The number of nitrogens with zero attached hydrogens (tertiary/aromatic N) is 1. The number of carbonyl (C=O) groups is 1. The van der Waals surface area contributed by atoms with Crippen LogP contribution in [0.5, 0.6) is 0 Å². The van der Waals surface area contributed by atoms with Crippen molar-refractivity contribution in [2.45, 2.75) is 56.0 Å². The molecule has 0 aromatic heterocycles. The molecule has 0 aliphatic carbocycles. The molecule has 3 rings (SSSR count). The van der Waals surface area contributed by atoms with E-state index in [-0.39, 0.29) is 5.78 Å². The molecule has 1 aromatic carbocycles. The molecule has 0 amide bonds. The number of ether oxygens (including phenoxy) is 1. The van der Waals surface area contributed by atoms with Crippen molar-refractivity contribution >= 4 is 22.7 Å². The number of aliphatic imine (C=N–C) groups is 1. The van der Waals surface area contributed by atoms with Crippen molar-refractivity contribution in [1.82, 2.24) is 5.32 Å². The van der Waals surface area contributed by atoms with E-state index >= 15 is 0 Å². The number of hydrogen-bond donors (Lipinski definition) is 3. The van der Waals surface area contributed by atoms with Crippen molar-refractivity contribution in [1.29, 1.82) is 0 Å². The third-order valence-electron chi connectivity index (χ3n) is 4.44. The fraction of sp³-hybridized carbons (Fsp3) is 0.556. The maximum absolute atomic E-state index is 12.5. The second kappa shape index (κ2) is 8.31. The molecule has 7 heteroatoms. The van der Waals surface area contributed by atoms with Crippen molar-refractivity contribution < 1.29 is 19.7 Å². The first-order valence-electron chi connectivity index (χ1n) is 8.66. The lowest BCUT2D eigenvalue weighted by molar-refractivity contribution is -0.169. The lowest BCUT2D eigenvalue weighted by Crippen LogP contribution is -2.57. The summed E-state index contributed by atoms with van der Waals surface area (Å²) in [6, 6.07) is 9.42. The topological polar surface area (TPSA) is 91.2 Å². The molecule has 25 heavy (non-hydrogen) atoms. The number of fused-ring (bicyclic) bond motifs is 1. The average molecular weight is 364 g/mol. The largest absolute Gasteiger partial charge is 0.388 e. The number of rotatable bonds is 6. The minimum atomic E-state index is -1.24. The molecule has 0 spiro atoms. The van der Waals surface area contributed by atoms with Crippen molar-refractivity contribution in [3.05, 3.63) is 35.9 Å². The SMILES string of the molecule is CCNC1=N[C@@H]2[C@@H](O)[C@@H](O)[C@@H](C(=O)CCCc3ccccc3)O[C@@H]2S1. The Morgan fingerprint density at radius 2 is 2.04 bits per heavy atom. The highest BCUT2D eigenvalue weighted by atomic mass is 32.2. The van der Waals surface area contributed by atoms with Gasteiger partial charge >= 0.3 is 0 Å². The zero-order valence-corrected chi connectivity index (χ0v) is 15.0. The molecular weight excluding hydrogens is 340 g/mol. The smallest absolute Gasteiger partial charge is 0.164 e. The third-order valence-corrected chi connectivity index (χ3v) is 5.54. The lowest BCUT2D eigenvalue weighted by atomic mass is 9.93. The number of amidine groups is 1. The predicted molar refractivity (Wildman–Crippen MR) is 97.6 cm³/mol. The summed E-state index contributed by atoms with van der Waals surface area (Å²) in [6.45, 7) is 2.67. The van der Waals surface area contributed by atoms with E-state index in [1.807, 2.05) is 37.3 Å². The Bertz CT molecular complexity index is 625. The van der Waals surface area contributed by atoms with E-state index in [1.54, 1.807) is 0 Å². The van der Waals surface area contributed by atoms with Crippen LogP contribution in [0.3, 0.4) is 0 Å². The standard InChI is InChI=1S/C18H24N2O4S/c1-2-19-18-20-13-14(22)15(23)16(24-17(13)25-18)12(21)10-6-9-11-7-4-3-5-8-11/h3-5,7-8,13-17,22-23H,2,6,9-10H2,1H3,(H,19,20)/t13-,14-,15-,16-,17-/m1/s1. The fourth-order valence-electron chi connectivity index (χ4n) is 3.12. The molecule has 136 valence electrons. The number of thioether (sulfide) groups is 1. The molecule has 1 aromatic rings. The number of benzene rings is 1. The van der Waals surface area contributed by atoms with Gasteiger partial charge in [-0.1, -0.05) is 42.1 Å². The zero-order chi connectivity index (χ0) is 17.8. The maximum atomic E-state index is 12.5. The highest BCUT2D eigenvalue weighted by molar-refractivity contribution is 8.14. The van der Waals surface area contributed by atoms with Gasteiger partial charge in [-0.3, -0.25) is 9.79 Å². The van der Waals surface area contributed by atoms with E-state index in [0.717, 1.165) is 6.42 Å². The van der Waals surface area contributed by atoms with Gasteiger partial charge in [-0.05, 0) is 25.3 Å². The molecule has 3 N–H and O–H groups in total. The Morgan fingerprint density at radius 3 is 2.76 bits per heavy atom. The van der Waals surface area contributed by atoms with Crippen LogP contribution < -0.4 is 5.32 Å². The number of ketones is 1. The Labute approximate surface area is 151 Å². The molecule has 0 unspecified atom stereocenters. The van der Waals surface area contributed by atoms with Crippen LogP contribution in [0.25, 0.3) is 0 Å². The van der Waals surface area contributed by atoms with Gasteiger partial charge in [0.15, 0.2) is 11.0 Å². The van der Waals surface area contributed by atoms with Crippen molar-refractivity contribution in [3.8, 4) is 0 Å². The Kier molecular flexibility index (Phi) is 6.11. The number of carbonyl (C=O) groups excluding carboxylic acids is 1. The summed E-state index contributed by atoms with van der Waals surface area (Å²) in [5.74, 6) is -0.168. The van der Waals surface area contributed by atoms with Crippen LogP contribution >= 0.6 is 11.8 Å². The van der Waals surface area contributed by atoms with E-state index in [9.17, 15) is 15.0 Å². The van der Waals surface area contributed by atoms with E-state index in [0.29, 0.717) is 24.6 Å². The minimum Gasteiger partial charge on any atom is -0.388 e. The molecule has 0 bridgehead atoms. The highest BCUT2D eigenvalue weighted by Crippen LogP contribution is 2.36. The highest BCUT2D eigenvalue weighted by Gasteiger charge is 2.50. The van der Waals surface area contributed by atoms with Crippen LogP contribution in [0, 0.1) is 0 Å². The maximum Gasteiger partial charge on any atom is 0.164 e. The number of aryl methyl sites for hydroxylation is 1. The van der Waals surface area contributed by atoms with E-state index < -0.39 is 29.8 Å². The van der Waals surface area contributed by atoms with Gasteiger partial charge in [0.05, 0.1) is 0 Å². The van der Waals surface area contributed by atoms with Gasteiger partial charge in [-0.2, -0.15) is 0 Å². The summed E-state index contributed by atoms with van der Waals surface area (Å²) >= 11 is 1.36. The summed E-state index contributed by atoms with van der Waals surface area (Å²) < 4.78 is 5.78. The third kappa shape index (κ3) is 4.23. The molecule has 0 saturated carbocycles. The first-order chi connectivity index (χ1) is 12.1. The normalized spacial score (nSPS) is 31.3. The molecule has 0 radical (unpaired) electrons. The van der Waals surface area contributed by atoms with Gasteiger partial charge in [0.2, 0.25) is 0 Å². The fourth-order valence-corrected chi connectivity index (χ4v) is 4.28. The predicted octanol–water partition coefficient (Wildman–Crippen LogP) is 1.11. The second-order valence-electron chi connectivity index (χ2n) is 6.28. The van der Waals surface area contributed by atoms with Crippen LogP contribution in [0.15, 0.2) is 35.3 Å². The summed E-state index contributed by atoms with van der Waals surface area (Å²) in [4.78, 5) is 16.8. The van der Waals surface area contributed by atoms with E-state index in [1.165, 1.54) is 17.3 Å². The van der Waals surface area contributed by atoms with Crippen molar-refractivity contribution in [3.63, 3.8) is 0 Å². The molecule has 1 saturated heterocycles. The van der Waals surface area contributed by atoms with Crippen LogP contribution in [-0.4, -0.2) is 57.5 Å². The Balaban J connectivity index is 1.55. The van der Waals surface area contributed by atoms with Crippen LogP contribution in [0.1, 0.15) is 25.3 Å². The molecule has 2 aliphatic rings. The Hall–Kier alpha value is -1.41. The molecule has 6 nitrogen and oxygen atoms in total. The quantitative estimate of drug-likeness (QED) is 0.700. The van der Waals surface area contributed by atoms with Gasteiger partial charge in [0, 0.05) is 13.0 Å². The molecule has 2 aliphatic heterocycles. The lowest BCUT2D eigenvalue weighted by Gasteiger charge is -2.37. The number of Topliss-reactive ketones (excluding diaryl/α,β-unsaturated/α-hetero) is 1. The van der Waals surface area contributed by atoms with Gasteiger partial charge in [-0.25, -0.2) is 0 Å². The van der Waals surface area contributed by atoms with Gasteiger partial charge in [0.25, 0.3) is 0 Å². The monoisotopic (exact) mass is 364 g/mol. The zero-order valence-electron chi connectivity index (χ0n) is 14.2. The molecular formula is C18H24N2O4S. The first-order valence-corrected chi connectivity index (χ1v) is 9.54. The first kappa shape index (κ1) is 18.4. The van der Waals surface area contributed by atoms with Crippen molar-refractivity contribution in [2.75, 3.05) is 6.54 Å². The molecule has 1 fully saturated rings.